The molecule has 5 bridgehead atoms. The van der Waals surface area contributed by atoms with Crippen LogP contribution < -0.4 is 14.8 Å². The molecule has 6 rings (SSSR count). The number of phenols is 2. The van der Waals surface area contributed by atoms with Gasteiger partial charge in [0.1, 0.15) is 23.4 Å². The zero-order valence-corrected chi connectivity index (χ0v) is 34.9. The van der Waals surface area contributed by atoms with E-state index in [1.165, 1.54) is 59.3 Å². The second-order valence-electron chi connectivity index (χ2n) is 15.7. The molecule has 0 radical (unpaired) electrons. The molecule has 16 nitrogen and oxygen atoms in total. The van der Waals surface area contributed by atoms with Crippen molar-refractivity contribution < 1.29 is 68.0 Å². The Labute approximate surface area is 343 Å². The number of hydrogen-bond donors (Lipinski definition) is 5. The van der Waals surface area contributed by atoms with Gasteiger partial charge >= 0.3 is 11.8 Å². The average molecular weight is 825 g/mol. The van der Waals surface area contributed by atoms with Crippen molar-refractivity contribution in [2.75, 3.05) is 45.3 Å². The second kappa shape index (κ2) is 18.4. The van der Waals surface area contributed by atoms with E-state index in [4.69, 9.17) is 28.4 Å². The summed E-state index contributed by atoms with van der Waals surface area (Å²) >= 11 is 0. The third kappa shape index (κ3) is 9.20. The molecule has 4 aliphatic heterocycles. The number of fused-ring (bicyclic) bond motifs is 14. The number of aliphatic hydroxyl groups is 2. The number of rotatable bonds is 5. The summed E-state index contributed by atoms with van der Waals surface area (Å²) < 4.78 is 35.1. The quantitative estimate of drug-likeness (QED) is 0.210. The van der Waals surface area contributed by atoms with Crippen molar-refractivity contribution in [1.82, 2.24) is 4.90 Å². The first-order chi connectivity index (χ1) is 27.8. The number of carbonyl (C=O) groups is 4. The SMILES string of the molecule is COC1/C=C/OC2(C)Oc3c(C)c(O)c4c(O)c(cc(OCC(=O)N5CCOCC5)c4c3C2=O)NC(=O)/C(C)=C/C=C/C(C)C(O)C(C)C(O)C(C)C(OC(C)=O)C1C. The number of aliphatic hydroxyl groups excluding tert-OH is 2. The Balaban J connectivity index is 1.66. The summed E-state index contributed by atoms with van der Waals surface area (Å²) in [6, 6.07) is 1.26. The predicted octanol–water partition coefficient (Wildman–Crippen LogP) is 4.29. The highest BCUT2D eigenvalue weighted by Crippen LogP contribution is 2.54. The molecule has 4 heterocycles. The van der Waals surface area contributed by atoms with Crippen LogP contribution in [0.1, 0.15) is 64.4 Å². The van der Waals surface area contributed by atoms with E-state index >= 15 is 0 Å². The topological polar surface area (TPSA) is 220 Å². The fourth-order valence-corrected chi connectivity index (χ4v) is 7.79. The molecule has 9 unspecified atom stereocenters. The van der Waals surface area contributed by atoms with Crippen LogP contribution >= 0.6 is 0 Å². The van der Waals surface area contributed by atoms with Crippen molar-refractivity contribution >= 4 is 40.0 Å². The highest BCUT2D eigenvalue weighted by Gasteiger charge is 2.50. The molecule has 0 saturated carbocycles. The summed E-state index contributed by atoms with van der Waals surface area (Å²) in [5.41, 5.74) is -0.0289. The number of carbonyl (C=O) groups excluding carboxylic acids is 4. The van der Waals surface area contributed by atoms with Crippen LogP contribution in [0.2, 0.25) is 0 Å². The highest BCUT2D eigenvalue weighted by molar-refractivity contribution is 6.21. The number of methoxy groups -OCH3 is 1. The Hall–Kier alpha value is -5.16. The fourth-order valence-electron chi connectivity index (χ4n) is 7.79. The lowest BCUT2D eigenvalue weighted by molar-refractivity contribution is -0.160. The molecule has 9 atom stereocenters. The summed E-state index contributed by atoms with van der Waals surface area (Å²) in [6.45, 7) is 13.4. The van der Waals surface area contributed by atoms with Gasteiger partial charge in [-0.05, 0) is 19.9 Å². The molecule has 0 aliphatic carbocycles. The monoisotopic (exact) mass is 824 g/mol. The van der Waals surface area contributed by atoms with E-state index < -0.39 is 89.6 Å². The van der Waals surface area contributed by atoms with Crippen LogP contribution in [0.25, 0.3) is 10.8 Å². The summed E-state index contributed by atoms with van der Waals surface area (Å²) in [7, 11) is 1.43. The van der Waals surface area contributed by atoms with E-state index in [1.807, 2.05) is 0 Å². The minimum atomic E-state index is -2.03. The Bertz CT molecular complexity index is 2040. The first-order valence-electron chi connectivity index (χ1n) is 19.7. The van der Waals surface area contributed by atoms with Crippen LogP contribution in [0.4, 0.5) is 5.69 Å². The molecule has 5 N–H and O–H groups in total. The van der Waals surface area contributed by atoms with Gasteiger partial charge in [-0.15, -0.1) is 0 Å². The lowest BCUT2D eigenvalue weighted by atomic mass is 9.78. The molecule has 2 aromatic carbocycles. The standard InChI is InChI=1S/C43H56N2O14/c1-21-11-10-12-22(2)42(53)44-28-19-30(56-20-31(47)45-14-17-55-18-15-45)32-33(38(28)51)37(50)26(6)40-34(32)41(52)43(8,59-40)57-16-13-29(54-9)23(3)39(58-27(7)46)25(5)36(49)24(4)35(21)48/h10-13,16,19,21,23-25,29,35-36,39,48-51H,14-15,17-18,20H2,1-9H3,(H,44,53)/b11-10+,16-13+,22-12+. The van der Waals surface area contributed by atoms with E-state index in [0.717, 1.165) is 0 Å². The summed E-state index contributed by atoms with van der Waals surface area (Å²) in [5.74, 6) is -8.08. The third-order valence-electron chi connectivity index (χ3n) is 11.5. The number of ether oxygens (including phenoxy) is 6. The van der Waals surface area contributed by atoms with Crippen molar-refractivity contribution in [3.8, 4) is 23.0 Å². The number of ketones is 1. The van der Waals surface area contributed by atoms with E-state index in [-0.39, 0.29) is 50.6 Å². The molecule has 16 heteroatoms. The first kappa shape index (κ1) is 44.9. The van der Waals surface area contributed by atoms with Gasteiger partial charge in [0.25, 0.3) is 17.6 Å². The van der Waals surface area contributed by atoms with Gasteiger partial charge in [0.05, 0.1) is 54.4 Å². The number of nitrogens with zero attached hydrogens (tertiary/aromatic N) is 1. The lowest BCUT2D eigenvalue weighted by Crippen LogP contribution is -2.46. The maximum Gasteiger partial charge on any atom is 0.312 e. The van der Waals surface area contributed by atoms with Crippen molar-refractivity contribution in [1.29, 1.82) is 0 Å². The van der Waals surface area contributed by atoms with Crippen molar-refractivity contribution in [2.24, 2.45) is 23.7 Å². The molecule has 1 fully saturated rings. The number of anilines is 1. The van der Waals surface area contributed by atoms with E-state index in [1.54, 1.807) is 44.7 Å². The van der Waals surface area contributed by atoms with Gasteiger partial charge in [-0.25, -0.2) is 0 Å². The van der Waals surface area contributed by atoms with Crippen molar-refractivity contribution in [3.05, 3.63) is 53.3 Å². The third-order valence-corrected chi connectivity index (χ3v) is 11.5. The Kier molecular flexibility index (Phi) is 14.0. The normalized spacial score (nSPS) is 31.4. The van der Waals surface area contributed by atoms with Gasteiger partial charge < -0.3 is 59.1 Å². The minimum absolute atomic E-state index is 0.0625. The number of amides is 2. The Morgan fingerprint density at radius 1 is 0.966 bits per heavy atom. The zero-order valence-electron chi connectivity index (χ0n) is 34.9. The van der Waals surface area contributed by atoms with Crippen molar-refractivity contribution in [2.45, 2.75) is 85.6 Å². The lowest BCUT2D eigenvalue weighted by Gasteiger charge is -2.38. The Morgan fingerprint density at radius 3 is 2.29 bits per heavy atom. The average Bonchev–Trinajstić information content (AvgIpc) is 3.48. The molecular formula is C43H56N2O14. The molecular weight excluding hydrogens is 768 g/mol. The van der Waals surface area contributed by atoms with Gasteiger partial charge in [0.15, 0.2) is 12.4 Å². The molecule has 4 aliphatic rings. The number of Topliss-reactive ketones (excluding diaryl/α,β-unsaturated/α-hetero) is 1. The van der Waals surface area contributed by atoms with Gasteiger partial charge in [-0.2, -0.15) is 0 Å². The number of nitrogens with one attached hydrogen (secondary N) is 1. The van der Waals surface area contributed by atoms with Gasteiger partial charge in [0.2, 0.25) is 0 Å². The van der Waals surface area contributed by atoms with Gasteiger partial charge in [0, 0.05) is 80.3 Å². The number of benzene rings is 2. The molecule has 0 aromatic heterocycles. The second-order valence-corrected chi connectivity index (χ2v) is 15.7. The number of hydrogen-bond acceptors (Lipinski definition) is 14. The summed E-state index contributed by atoms with van der Waals surface area (Å²) in [6.07, 6.45) is 3.57. The number of phenolic OH excluding ortho intramolecular Hbond substituents is 2. The van der Waals surface area contributed by atoms with E-state index in [9.17, 15) is 39.6 Å². The minimum Gasteiger partial charge on any atom is -0.507 e. The molecule has 2 aromatic rings. The predicted molar refractivity (Wildman–Crippen MR) is 215 cm³/mol. The number of aromatic hydroxyl groups is 2. The van der Waals surface area contributed by atoms with Crippen LogP contribution in [-0.2, 0) is 33.3 Å². The van der Waals surface area contributed by atoms with Crippen LogP contribution in [-0.4, -0.2) is 119 Å². The molecule has 59 heavy (non-hydrogen) atoms. The van der Waals surface area contributed by atoms with Crippen molar-refractivity contribution in [3.63, 3.8) is 0 Å². The largest absolute Gasteiger partial charge is 0.507 e. The van der Waals surface area contributed by atoms with E-state index in [0.29, 0.717) is 26.3 Å². The summed E-state index contributed by atoms with van der Waals surface area (Å²) in [4.78, 5) is 55.2. The number of esters is 1. The van der Waals surface area contributed by atoms with Crippen LogP contribution in [0.15, 0.2) is 42.2 Å². The van der Waals surface area contributed by atoms with Gasteiger partial charge in [-0.3, -0.25) is 19.2 Å². The molecule has 0 spiro atoms. The Morgan fingerprint density at radius 2 is 1.64 bits per heavy atom. The van der Waals surface area contributed by atoms with E-state index in [2.05, 4.69) is 5.32 Å². The highest BCUT2D eigenvalue weighted by atomic mass is 16.7. The molecule has 1 saturated heterocycles. The number of allylic oxidation sites excluding steroid dienone is 2. The van der Waals surface area contributed by atoms with Gasteiger partial charge in [-0.1, -0.05) is 45.9 Å². The summed E-state index contributed by atoms with van der Waals surface area (Å²) in [5, 5.41) is 48.4. The van der Waals surface area contributed by atoms with Crippen LogP contribution in [0, 0.1) is 30.6 Å². The van der Waals surface area contributed by atoms with Crippen LogP contribution in [0.5, 0.6) is 23.0 Å². The molecule has 2 amide bonds. The first-order valence-corrected chi connectivity index (χ1v) is 19.7. The zero-order chi connectivity index (χ0) is 43.5. The maximum absolute atomic E-state index is 14.5. The number of morpholine rings is 1. The smallest absolute Gasteiger partial charge is 0.312 e. The maximum atomic E-state index is 14.5. The molecule has 322 valence electrons. The fraction of sp³-hybridized carbons (Fsp3) is 0.535. The van der Waals surface area contributed by atoms with Crippen LogP contribution in [0.3, 0.4) is 0 Å².